The molecule has 4 aromatic rings. The fourth-order valence-corrected chi connectivity index (χ4v) is 6.05. The van der Waals surface area contributed by atoms with Crippen LogP contribution < -0.4 is 10.9 Å². The van der Waals surface area contributed by atoms with Crippen LogP contribution in [-0.2, 0) is 11.2 Å². The van der Waals surface area contributed by atoms with Gasteiger partial charge in [0.2, 0.25) is 5.91 Å². The minimum absolute atomic E-state index is 0.0798. The van der Waals surface area contributed by atoms with Crippen LogP contribution in [0.15, 0.2) is 52.4 Å². The van der Waals surface area contributed by atoms with E-state index in [-0.39, 0.29) is 17.2 Å². The summed E-state index contributed by atoms with van der Waals surface area (Å²) in [6.45, 7) is 10.2. The maximum absolute atomic E-state index is 13.7. The molecule has 0 spiro atoms. The lowest BCUT2D eigenvalue weighted by Gasteiger charge is -2.13. The van der Waals surface area contributed by atoms with Gasteiger partial charge in [-0.3, -0.25) is 14.2 Å². The standard InChI is InChI=1S/C27H29N3O2S2/c1-6-8-22-19(5)24-25(34-22)29-27(30(26(24)32)21-10-7-9-16(2)13-21)33-15-23(31)28-20-12-11-17(3)18(4)14-20/h7,9-14H,6,8,15H2,1-5H3,(H,28,31). The normalized spacial score (nSPS) is 11.2. The molecular weight excluding hydrogens is 462 g/mol. The van der Waals surface area contributed by atoms with Crippen molar-refractivity contribution >= 4 is 44.9 Å². The van der Waals surface area contributed by atoms with E-state index in [9.17, 15) is 9.59 Å². The predicted molar refractivity (Wildman–Crippen MR) is 144 cm³/mol. The Labute approximate surface area is 208 Å². The van der Waals surface area contributed by atoms with Crippen LogP contribution >= 0.6 is 23.1 Å². The first-order valence-electron chi connectivity index (χ1n) is 11.4. The van der Waals surface area contributed by atoms with E-state index < -0.39 is 0 Å². The zero-order chi connectivity index (χ0) is 24.4. The smallest absolute Gasteiger partial charge is 0.267 e. The van der Waals surface area contributed by atoms with Gasteiger partial charge in [-0.2, -0.15) is 0 Å². The highest BCUT2D eigenvalue weighted by atomic mass is 32.2. The number of thiophene rings is 1. The lowest BCUT2D eigenvalue weighted by atomic mass is 10.1. The van der Waals surface area contributed by atoms with Crippen molar-refractivity contribution in [2.24, 2.45) is 0 Å². The van der Waals surface area contributed by atoms with E-state index in [1.165, 1.54) is 22.2 Å². The van der Waals surface area contributed by atoms with Crippen molar-refractivity contribution in [3.8, 4) is 5.69 Å². The number of anilines is 1. The highest BCUT2D eigenvalue weighted by Gasteiger charge is 2.20. The minimum atomic E-state index is -0.132. The molecule has 0 atom stereocenters. The Bertz CT molecular complexity index is 1440. The third-order valence-electron chi connectivity index (χ3n) is 5.89. The lowest BCUT2D eigenvalue weighted by Crippen LogP contribution is -2.23. The predicted octanol–water partition coefficient (Wildman–Crippen LogP) is 6.36. The topological polar surface area (TPSA) is 64.0 Å². The van der Waals surface area contributed by atoms with Crippen LogP contribution in [0.4, 0.5) is 5.69 Å². The molecule has 0 saturated carbocycles. The summed E-state index contributed by atoms with van der Waals surface area (Å²) in [6, 6.07) is 13.7. The van der Waals surface area contributed by atoms with Crippen molar-refractivity contribution < 1.29 is 4.79 Å². The number of hydrogen-bond acceptors (Lipinski definition) is 5. The fourth-order valence-electron chi connectivity index (χ4n) is 3.91. The third-order valence-corrected chi connectivity index (χ3v) is 8.08. The van der Waals surface area contributed by atoms with Gasteiger partial charge < -0.3 is 5.32 Å². The lowest BCUT2D eigenvalue weighted by molar-refractivity contribution is -0.113. The molecule has 2 aromatic carbocycles. The molecule has 0 fully saturated rings. The van der Waals surface area contributed by atoms with Gasteiger partial charge in [-0.05, 0) is 80.6 Å². The maximum atomic E-state index is 13.7. The number of amides is 1. The Kier molecular flexibility index (Phi) is 7.24. The highest BCUT2D eigenvalue weighted by molar-refractivity contribution is 7.99. The maximum Gasteiger partial charge on any atom is 0.267 e. The number of nitrogens with one attached hydrogen (secondary N) is 1. The average Bonchev–Trinajstić information content (AvgIpc) is 3.10. The number of fused-ring (bicyclic) bond motifs is 1. The quantitative estimate of drug-likeness (QED) is 0.241. The number of aryl methyl sites for hydroxylation is 5. The van der Waals surface area contributed by atoms with Crippen LogP contribution in [0.5, 0.6) is 0 Å². The van der Waals surface area contributed by atoms with Crippen LogP contribution in [0.2, 0.25) is 0 Å². The Morgan fingerprint density at radius 1 is 1.09 bits per heavy atom. The summed E-state index contributed by atoms with van der Waals surface area (Å²) in [4.78, 5) is 33.3. The number of hydrogen-bond donors (Lipinski definition) is 1. The molecule has 0 saturated heterocycles. The largest absolute Gasteiger partial charge is 0.325 e. The second-order valence-electron chi connectivity index (χ2n) is 8.59. The molecule has 0 aliphatic rings. The second-order valence-corrected chi connectivity index (χ2v) is 10.6. The van der Waals surface area contributed by atoms with Gasteiger partial charge in [0.1, 0.15) is 4.83 Å². The van der Waals surface area contributed by atoms with Crippen LogP contribution in [0.25, 0.3) is 15.9 Å². The number of thioether (sulfide) groups is 1. The third kappa shape index (κ3) is 4.95. The molecule has 0 unspecified atom stereocenters. The number of carbonyl (C=O) groups excluding carboxylic acids is 1. The van der Waals surface area contributed by atoms with E-state index in [1.807, 2.05) is 70.2 Å². The van der Waals surface area contributed by atoms with Gasteiger partial charge in [0.15, 0.2) is 5.16 Å². The van der Waals surface area contributed by atoms with Gasteiger partial charge in [-0.25, -0.2) is 4.98 Å². The summed E-state index contributed by atoms with van der Waals surface area (Å²) >= 11 is 2.87. The molecule has 1 amide bonds. The summed E-state index contributed by atoms with van der Waals surface area (Å²) in [5, 5.41) is 4.17. The Hall–Kier alpha value is -2.90. The van der Waals surface area contributed by atoms with E-state index in [0.717, 1.165) is 45.7 Å². The molecule has 5 nitrogen and oxygen atoms in total. The van der Waals surface area contributed by atoms with Gasteiger partial charge >= 0.3 is 0 Å². The van der Waals surface area contributed by atoms with E-state index >= 15 is 0 Å². The zero-order valence-electron chi connectivity index (χ0n) is 20.2. The Balaban J connectivity index is 1.71. The Morgan fingerprint density at radius 3 is 2.59 bits per heavy atom. The number of rotatable bonds is 7. The molecule has 176 valence electrons. The second kappa shape index (κ2) is 10.2. The van der Waals surface area contributed by atoms with Gasteiger partial charge in [0, 0.05) is 10.6 Å². The van der Waals surface area contributed by atoms with Gasteiger partial charge in [0.05, 0.1) is 16.8 Å². The van der Waals surface area contributed by atoms with Crippen LogP contribution in [-0.4, -0.2) is 21.2 Å². The molecule has 0 aliphatic heterocycles. The molecule has 0 aliphatic carbocycles. The molecule has 7 heteroatoms. The van der Waals surface area contributed by atoms with Crippen LogP contribution in [0, 0.1) is 27.7 Å². The molecule has 0 bridgehead atoms. The van der Waals surface area contributed by atoms with Gasteiger partial charge in [-0.15, -0.1) is 11.3 Å². The average molecular weight is 492 g/mol. The number of aromatic nitrogens is 2. The SMILES string of the molecule is CCCc1sc2nc(SCC(=O)Nc3ccc(C)c(C)c3)n(-c3cccc(C)c3)c(=O)c2c1C. The molecule has 2 aromatic heterocycles. The molecular formula is C27H29N3O2S2. The number of nitrogens with zero attached hydrogens (tertiary/aromatic N) is 2. The summed E-state index contributed by atoms with van der Waals surface area (Å²) in [5.41, 5.74) is 5.84. The molecule has 1 N–H and O–H groups in total. The molecule has 34 heavy (non-hydrogen) atoms. The Morgan fingerprint density at radius 2 is 1.88 bits per heavy atom. The summed E-state index contributed by atoms with van der Waals surface area (Å²) in [7, 11) is 0. The van der Waals surface area contributed by atoms with E-state index in [4.69, 9.17) is 4.98 Å². The molecule has 0 radical (unpaired) electrons. The van der Waals surface area contributed by atoms with Crippen molar-refractivity contribution in [1.82, 2.24) is 9.55 Å². The van der Waals surface area contributed by atoms with E-state index in [2.05, 4.69) is 12.2 Å². The monoisotopic (exact) mass is 491 g/mol. The summed E-state index contributed by atoms with van der Waals surface area (Å²) < 4.78 is 1.65. The van der Waals surface area contributed by atoms with Gasteiger partial charge in [-0.1, -0.05) is 43.3 Å². The minimum Gasteiger partial charge on any atom is -0.325 e. The summed E-state index contributed by atoms with van der Waals surface area (Å²) in [6.07, 6.45) is 1.94. The number of benzene rings is 2. The van der Waals surface area contributed by atoms with Crippen molar-refractivity contribution in [3.05, 3.63) is 79.9 Å². The van der Waals surface area contributed by atoms with Gasteiger partial charge in [0.25, 0.3) is 5.56 Å². The fraction of sp³-hybridized carbons (Fsp3) is 0.296. The van der Waals surface area contributed by atoms with Crippen LogP contribution in [0.1, 0.15) is 40.5 Å². The first kappa shape index (κ1) is 24.2. The van der Waals surface area contributed by atoms with Crippen molar-refractivity contribution in [3.63, 3.8) is 0 Å². The zero-order valence-corrected chi connectivity index (χ0v) is 21.8. The first-order chi connectivity index (χ1) is 16.3. The first-order valence-corrected chi connectivity index (χ1v) is 13.2. The molecule has 2 heterocycles. The number of carbonyl (C=O) groups is 1. The van der Waals surface area contributed by atoms with Crippen molar-refractivity contribution in [1.29, 1.82) is 0 Å². The van der Waals surface area contributed by atoms with Crippen molar-refractivity contribution in [2.75, 3.05) is 11.1 Å². The molecule has 4 rings (SSSR count). The summed E-state index contributed by atoms with van der Waals surface area (Å²) in [5.74, 6) is 0.0236. The van der Waals surface area contributed by atoms with Crippen LogP contribution in [0.3, 0.4) is 0 Å². The van der Waals surface area contributed by atoms with E-state index in [1.54, 1.807) is 15.9 Å². The van der Waals surface area contributed by atoms with Crippen molar-refractivity contribution in [2.45, 2.75) is 52.6 Å². The highest BCUT2D eigenvalue weighted by Crippen LogP contribution is 2.31. The van der Waals surface area contributed by atoms with E-state index in [0.29, 0.717) is 10.5 Å².